The average molecular weight is 205 g/mol. The fourth-order valence-electron chi connectivity index (χ4n) is 1.63. The van der Waals surface area contributed by atoms with Crippen LogP contribution in [0, 0.1) is 20.8 Å². The van der Waals surface area contributed by atoms with Gasteiger partial charge in [0.25, 0.3) is 0 Å². The van der Waals surface area contributed by atoms with Crippen molar-refractivity contribution in [3.8, 4) is 0 Å². The maximum atomic E-state index is 4.54. The molecule has 0 saturated carbocycles. The fourth-order valence-corrected chi connectivity index (χ4v) is 1.63. The molecule has 2 rings (SSSR count). The van der Waals surface area contributed by atoms with Crippen molar-refractivity contribution in [3.63, 3.8) is 0 Å². The minimum absolute atomic E-state index is 0. The second-order valence-corrected chi connectivity index (χ2v) is 3.46. The van der Waals surface area contributed by atoms with Gasteiger partial charge in [0.05, 0.1) is 5.52 Å². The molecule has 0 amide bonds. The van der Waals surface area contributed by atoms with Crippen LogP contribution in [-0.2, 0) is 0 Å². The lowest BCUT2D eigenvalue weighted by molar-refractivity contribution is 1.17. The SMILES string of the molecule is Cc1nc2ccccc2c(C)c1C.S. The molecule has 14 heavy (non-hydrogen) atoms. The minimum Gasteiger partial charge on any atom is -0.253 e. The van der Waals surface area contributed by atoms with Crippen LogP contribution in [0.25, 0.3) is 10.9 Å². The lowest BCUT2D eigenvalue weighted by Crippen LogP contribution is -1.92. The first-order valence-corrected chi connectivity index (χ1v) is 4.52. The van der Waals surface area contributed by atoms with Crippen LogP contribution in [0.3, 0.4) is 0 Å². The van der Waals surface area contributed by atoms with Gasteiger partial charge in [0.15, 0.2) is 0 Å². The maximum absolute atomic E-state index is 4.54. The molecule has 1 nitrogen and oxygen atoms in total. The highest BCUT2D eigenvalue weighted by molar-refractivity contribution is 7.59. The monoisotopic (exact) mass is 205 g/mol. The number of pyridine rings is 1. The van der Waals surface area contributed by atoms with Gasteiger partial charge in [-0.25, -0.2) is 0 Å². The number of fused-ring (bicyclic) bond motifs is 1. The zero-order valence-electron chi connectivity index (χ0n) is 8.76. The number of aromatic nitrogens is 1. The van der Waals surface area contributed by atoms with Gasteiger partial charge in [-0.3, -0.25) is 4.98 Å². The standard InChI is InChI=1S/C12H13N.H2S/c1-8-9(2)11-6-4-5-7-12(11)13-10(8)3;/h4-7H,1-3H3;1H2. The second kappa shape index (κ2) is 4.01. The molecule has 0 aliphatic heterocycles. The number of benzene rings is 1. The van der Waals surface area contributed by atoms with E-state index in [0.29, 0.717) is 0 Å². The van der Waals surface area contributed by atoms with Crippen LogP contribution in [0.4, 0.5) is 0 Å². The molecule has 1 aromatic heterocycles. The van der Waals surface area contributed by atoms with Crippen LogP contribution >= 0.6 is 13.5 Å². The Kier molecular flexibility index (Phi) is 3.17. The smallest absolute Gasteiger partial charge is 0.0708 e. The summed E-state index contributed by atoms with van der Waals surface area (Å²) in [6.45, 7) is 6.35. The Balaban J connectivity index is 0.000000980. The van der Waals surface area contributed by atoms with Crippen molar-refractivity contribution in [3.05, 3.63) is 41.1 Å². The van der Waals surface area contributed by atoms with E-state index in [1.807, 2.05) is 6.07 Å². The van der Waals surface area contributed by atoms with Gasteiger partial charge >= 0.3 is 0 Å². The summed E-state index contributed by atoms with van der Waals surface area (Å²) in [5.41, 5.74) is 4.89. The largest absolute Gasteiger partial charge is 0.253 e. The van der Waals surface area contributed by atoms with E-state index in [1.54, 1.807) is 0 Å². The first-order chi connectivity index (χ1) is 6.20. The molecule has 74 valence electrons. The molecule has 2 aromatic rings. The molecule has 0 unspecified atom stereocenters. The third kappa shape index (κ3) is 1.62. The van der Waals surface area contributed by atoms with Gasteiger partial charge in [-0.15, -0.1) is 0 Å². The summed E-state index contributed by atoms with van der Waals surface area (Å²) in [6.07, 6.45) is 0. The number of hydrogen-bond donors (Lipinski definition) is 0. The van der Waals surface area contributed by atoms with E-state index < -0.39 is 0 Å². The quantitative estimate of drug-likeness (QED) is 0.643. The van der Waals surface area contributed by atoms with Gasteiger partial charge in [-0.2, -0.15) is 13.5 Å². The molecule has 2 heteroatoms. The van der Waals surface area contributed by atoms with Crippen molar-refractivity contribution in [1.29, 1.82) is 0 Å². The Morgan fingerprint density at radius 2 is 1.57 bits per heavy atom. The Labute approximate surface area is 91.6 Å². The van der Waals surface area contributed by atoms with E-state index in [1.165, 1.54) is 16.5 Å². The molecular formula is C12H15NS. The Morgan fingerprint density at radius 3 is 2.29 bits per heavy atom. The van der Waals surface area contributed by atoms with Crippen molar-refractivity contribution in [2.45, 2.75) is 20.8 Å². The van der Waals surface area contributed by atoms with Crippen molar-refractivity contribution in [2.24, 2.45) is 0 Å². The topological polar surface area (TPSA) is 12.9 Å². The lowest BCUT2D eigenvalue weighted by atomic mass is 10.0. The first kappa shape index (κ1) is 11.1. The van der Waals surface area contributed by atoms with E-state index in [9.17, 15) is 0 Å². The van der Waals surface area contributed by atoms with Gasteiger partial charge in [0.2, 0.25) is 0 Å². The third-order valence-corrected chi connectivity index (χ3v) is 2.70. The Hall–Kier alpha value is -1.02. The zero-order valence-corrected chi connectivity index (χ0v) is 9.76. The van der Waals surface area contributed by atoms with Gasteiger partial charge in [0, 0.05) is 11.1 Å². The molecule has 0 spiro atoms. The van der Waals surface area contributed by atoms with Crippen molar-refractivity contribution in [1.82, 2.24) is 4.98 Å². The van der Waals surface area contributed by atoms with Crippen LogP contribution in [0.5, 0.6) is 0 Å². The van der Waals surface area contributed by atoms with E-state index in [0.717, 1.165) is 11.2 Å². The number of nitrogens with zero attached hydrogens (tertiary/aromatic N) is 1. The predicted octanol–water partition coefficient (Wildman–Crippen LogP) is 3.27. The van der Waals surface area contributed by atoms with E-state index in [2.05, 4.69) is 44.0 Å². The zero-order chi connectivity index (χ0) is 9.42. The molecule has 0 aliphatic rings. The first-order valence-electron chi connectivity index (χ1n) is 4.52. The molecule has 1 aromatic carbocycles. The highest BCUT2D eigenvalue weighted by Crippen LogP contribution is 2.20. The fraction of sp³-hybridized carbons (Fsp3) is 0.250. The maximum Gasteiger partial charge on any atom is 0.0708 e. The molecule has 0 atom stereocenters. The average Bonchev–Trinajstić information content (AvgIpc) is 2.15. The van der Waals surface area contributed by atoms with Crippen molar-refractivity contribution < 1.29 is 0 Å². The number of aryl methyl sites for hydroxylation is 2. The van der Waals surface area contributed by atoms with E-state index in [-0.39, 0.29) is 13.5 Å². The molecule has 0 bridgehead atoms. The van der Waals surface area contributed by atoms with Crippen molar-refractivity contribution in [2.75, 3.05) is 0 Å². The van der Waals surface area contributed by atoms with Crippen LogP contribution in [0.15, 0.2) is 24.3 Å². The molecule has 0 radical (unpaired) electrons. The normalized spacial score (nSPS) is 9.93. The third-order valence-electron chi connectivity index (χ3n) is 2.70. The highest BCUT2D eigenvalue weighted by atomic mass is 32.1. The van der Waals surface area contributed by atoms with Crippen LogP contribution in [0.1, 0.15) is 16.8 Å². The summed E-state index contributed by atoms with van der Waals surface area (Å²) < 4.78 is 0. The summed E-state index contributed by atoms with van der Waals surface area (Å²) in [7, 11) is 0. The number of para-hydroxylation sites is 1. The van der Waals surface area contributed by atoms with Gasteiger partial charge in [-0.05, 0) is 38.0 Å². The summed E-state index contributed by atoms with van der Waals surface area (Å²) in [5, 5.41) is 1.27. The molecule has 0 saturated heterocycles. The minimum atomic E-state index is 0. The number of rotatable bonds is 0. The van der Waals surface area contributed by atoms with Crippen LogP contribution in [-0.4, -0.2) is 4.98 Å². The van der Waals surface area contributed by atoms with E-state index >= 15 is 0 Å². The summed E-state index contributed by atoms with van der Waals surface area (Å²) in [5.74, 6) is 0. The lowest BCUT2D eigenvalue weighted by Gasteiger charge is -2.07. The Morgan fingerprint density at radius 1 is 0.929 bits per heavy atom. The summed E-state index contributed by atoms with van der Waals surface area (Å²) in [4.78, 5) is 4.54. The molecule has 0 N–H and O–H groups in total. The summed E-state index contributed by atoms with van der Waals surface area (Å²) in [6, 6.07) is 8.29. The Bertz CT molecular complexity index is 463. The molecule has 0 aliphatic carbocycles. The molecular weight excluding hydrogens is 190 g/mol. The van der Waals surface area contributed by atoms with Gasteiger partial charge in [0.1, 0.15) is 0 Å². The van der Waals surface area contributed by atoms with Crippen LogP contribution in [0.2, 0.25) is 0 Å². The predicted molar refractivity (Wildman–Crippen MR) is 66.3 cm³/mol. The number of hydrogen-bond acceptors (Lipinski definition) is 1. The highest BCUT2D eigenvalue weighted by Gasteiger charge is 2.03. The van der Waals surface area contributed by atoms with E-state index in [4.69, 9.17) is 0 Å². The molecule has 0 fully saturated rings. The summed E-state index contributed by atoms with van der Waals surface area (Å²) >= 11 is 0. The molecule has 1 heterocycles. The van der Waals surface area contributed by atoms with Gasteiger partial charge < -0.3 is 0 Å². The van der Waals surface area contributed by atoms with Gasteiger partial charge in [-0.1, -0.05) is 18.2 Å². The second-order valence-electron chi connectivity index (χ2n) is 3.46. The van der Waals surface area contributed by atoms with Crippen molar-refractivity contribution >= 4 is 24.4 Å². The van der Waals surface area contributed by atoms with Crippen LogP contribution < -0.4 is 0 Å².